The van der Waals surface area contributed by atoms with E-state index in [4.69, 9.17) is 9.72 Å². The average molecular weight is 401 g/mol. The number of imidazole rings is 1. The first kappa shape index (κ1) is 21.3. The number of aryl methyl sites for hydroxylation is 1. The van der Waals surface area contributed by atoms with Crippen molar-refractivity contribution < 1.29 is 14.3 Å². The highest BCUT2D eigenvalue weighted by molar-refractivity contribution is 5.81. The van der Waals surface area contributed by atoms with E-state index >= 15 is 0 Å². The number of nitrogens with zero attached hydrogens (tertiary/aromatic N) is 3. The number of para-hydroxylation sites is 2. The molecule has 1 aliphatic carbocycles. The molecule has 7 heteroatoms. The lowest BCUT2D eigenvalue weighted by Crippen LogP contribution is -2.40. The van der Waals surface area contributed by atoms with Crippen molar-refractivity contribution in [2.75, 3.05) is 27.3 Å². The number of hydrogen-bond acceptors (Lipinski definition) is 4. The Morgan fingerprint density at radius 3 is 2.76 bits per heavy atom. The van der Waals surface area contributed by atoms with Crippen molar-refractivity contribution in [3.63, 3.8) is 0 Å². The number of aromatic nitrogens is 2. The van der Waals surface area contributed by atoms with Crippen LogP contribution in [0.25, 0.3) is 11.0 Å². The van der Waals surface area contributed by atoms with Crippen molar-refractivity contribution >= 4 is 22.8 Å². The van der Waals surface area contributed by atoms with Gasteiger partial charge in [-0.1, -0.05) is 31.4 Å². The Morgan fingerprint density at radius 1 is 1.24 bits per heavy atom. The lowest BCUT2D eigenvalue weighted by molar-refractivity contribution is -0.133. The summed E-state index contributed by atoms with van der Waals surface area (Å²) in [6.45, 7) is 0.931. The number of nitrogens with one attached hydrogen (secondary N) is 1. The van der Waals surface area contributed by atoms with E-state index in [0.717, 1.165) is 36.1 Å². The highest BCUT2D eigenvalue weighted by Crippen LogP contribution is 2.23. The van der Waals surface area contributed by atoms with Gasteiger partial charge in [-0.3, -0.25) is 9.59 Å². The first-order chi connectivity index (χ1) is 14.1. The van der Waals surface area contributed by atoms with Crippen molar-refractivity contribution in [1.82, 2.24) is 19.8 Å². The standard InChI is InChI=1S/C22H32N4O3/c1-25(17-9-4-3-5-10-17)22(28)15-26-19-12-7-6-11-18(19)24-20(26)13-8-14-23-21(27)16-29-2/h6-7,11-12,17H,3-5,8-10,13-16H2,1-2H3,(H,23,27). The van der Waals surface area contributed by atoms with Crippen molar-refractivity contribution in [3.8, 4) is 0 Å². The van der Waals surface area contributed by atoms with Gasteiger partial charge in [-0.15, -0.1) is 0 Å². The maximum absolute atomic E-state index is 13.0. The van der Waals surface area contributed by atoms with Gasteiger partial charge in [-0.05, 0) is 31.4 Å². The van der Waals surface area contributed by atoms with Gasteiger partial charge in [0.2, 0.25) is 11.8 Å². The van der Waals surface area contributed by atoms with E-state index in [1.165, 1.54) is 26.4 Å². The summed E-state index contributed by atoms with van der Waals surface area (Å²) in [7, 11) is 3.44. The van der Waals surface area contributed by atoms with E-state index in [1.807, 2.05) is 40.8 Å². The second-order valence-electron chi connectivity index (χ2n) is 7.79. The largest absolute Gasteiger partial charge is 0.375 e. The highest BCUT2D eigenvalue weighted by atomic mass is 16.5. The third-order valence-electron chi connectivity index (χ3n) is 5.72. The Bertz CT molecular complexity index is 827. The van der Waals surface area contributed by atoms with Crippen LogP contribution in [0.4, 0.5) is 0 Å². The van der Waals surface area contributed by atoms with E-state index < -0.39 is 0 Å². The molecular formula is C22H32N4O3. The molecule has 1 aliphatic rings. The molecule has 2 aromatic rings. The topological polar surface area (TPSA) is 76.5 Å². The number of amides is 2. The zero-order chi connectivity index (χ0) is 20.6. The third-order valence-corrected chi connectivity index (χ3v) is 5.72. The maximum Gasteiger partial charge on any atom is 0.245 e. The van der Waals surface area contributed by atoms with Crippen molar-refractivity contribution in [2.24, 2.45) is 0 Å². The smallest absolute Gasteiger partial charge is 0.245 e. The molecule has 7 nitrogen and oxygen atoms in total. The molecule has 3 rings (SSSR count). The number of carbonyl (C=O) groups excluding carboxylic acids is 2. The Hall–Kier alpha value is -2.41. The summed E-state index contributed by atoms with van der Waals surface area (Å²) < 4.78 is 6.86. The summed E-state index contributed by atoms with van der Waals surface area (Å²) in [4.78, 5) is 31.2. The normalized spacial score (nSPS) is 14.8. The molecule has 2 amide bonds. The summed E-state index contributed by atoms with van der Waals surface area (Å²) in [5, 5.41) is 2.83. The Kier molecular flexibility index (Phi) is 7.63. The van der Waals surface area contributed by atoms with Crippen LogP contribution in [0.2, 0.25) is 0 Å². The summed E-state index contributed by atoms with van der Waals surface area (Å²) >= 11 is 0. The Balaban J connectivity index is 1.67. The van der Waals surface area contributed by atoms with Crippen LogP contribution in [0.15, 0.2) is 24.3 Å². The number of hydrogen-bond donors (Lipinski definition) is 1. The Labute approximate surface area is 172 Å². The first-order valence-corrected chi connectivity index (χ1v) is 10.6. The first-order valence-electron chi connectivity index (χ1n) is 10.6. The molecule has 1 heterocycles. The van der Waals surface area contributed by atoms with Crippen LogP contribution < -0.4 is 5.32 Å². The molecule has 1 aromatic carbocycles. The average Bonchev–Trinajstić information content (AvgIpc) is 3.09. The predicted molar refractivity (Wildman–Crippen MR) is 113 cm³/mol. The molecule has 0 bridgehead atoms. The predicted octanol–water partition coefficient (Wildman–Crippen LogP) is 2.52. The zero-order valence-electron chi connectivity index (χ0n) is 17.5. The van der Waals surface area contributed by atoms with Gasteiger partial charge in [0.05, 0.1) is 11.0 Å². The van der Waals surface area contributed by atoms with E-state index in [0.29, 0.717) is 25.6 Å². The van der Waals surface area contributed by atoms with E-state index in [9.17, 15) is 9.59 Å². The quantitative estimate of drug-likeness (QED) is 0.656. The van der Waals surface area contributed by atoms with Crippen LogP contribution in [0, 0.1) is 0 Å². The molecule has 0 radical (unpaired) electrons. The van der Waals surface area contributed by atoms with Crippen molar-refractivity contribution in [2.45, 2.75) is 57.5 Å². The summed E-state index contributed by atoms with van der Waals surface area (Å²) in [6.07, 6.45) is 7.33. The van der Waals surface area contributed by atoms with E-state index in [2.05, 4.69) is 5.32 Å². The van der Waals surface area contributed by atoms with Gasteiger partial charge in [-0.2, -0.15) is 0 Å². The lowest BCUT2D eigenvalue weighted by Gasteiger charge is -2.31. The minimum atomic E-state index is -0.120. The third kappa shape index (κ3) is 5.56. The summed E-state index contributed by atoms with van der Waals surface area (Å²) in [6, 6.07) is 8.28. The molecule has 0 aliphatic heterocycles. The molecule has 0 spiro atoms. The van der Waals surface area contributed by atoms with Crippen molar-refractivity contribution in [1.29, 1.82) is 0 Å². The fourth-order valence-corrected chi connectivity index (χ4v) is 4.07. The second kappa shape index (κ2) is 10.4. The van der Waals surface area contributed by atoms with Crippen LogP contribution in [-0.2, 0) is 27.3 Å². The zero-order valence-corrected chi connectivity index (χ0v) is 17.5. The van der Waals surface area contributed by atoms with Crippen LogP contribution in [0.5, 0.6) is 0 Å². The number of benzene rings is 1. The summed E-state index contributed by atoms with van der Waals surface area (Å²) in [5.74, 6) is 0.901. The van der Waals surface area contributed by atoms with E-state index in [1.54, 1.807) is 0 Å². The maximum atomic E-state index is 13.0. The molecule has 1 N–H and O–H groups in total. The molecule has 0 saturated heterocycles. The highest BCUT2D eigenvalue weighted by Gasteiger charge is 2.23. The molecule has 158 valence electrons. The number of methoxy groups -OCH3 is 1. The van der Waals surface area contributed by atoms with Crippen LogP contribution in [-0.4, -0.2) is 59.6 Å². The monoisotopic (exact) mass is 400 g/mol. The Morgan fingerprint density at radius 2 is 2.00 bits per heavy atom. The number of rotatable bonds is 9. The second-order valence-corrected chi connectivity index (χ2v) is 7.79. The molecular weight excluding hydrogens is 368 g/mol. The van der Waals surface area contributed by atoms with Gasteiger partial charge in [0.25, 0.3) is 0 Å². The molecule has 0 unspecified atom stereocenters. The number of likely N-dealkylation sites (N-methyl/N-ethyl adjacent to an activating group) is 1. The van der Waals surface area contributed by atoms with E-state index in [-0.39, 0.29) is 18.4 Å². The van der Waals surface area contributed by atoms with Gasteiger partial charge in [0, 0.05) is 33.2 Å². The van der Waals surface area contributed by atoms with Crippen molar-refractivity contribution in [3.05, 3.63) is 30.1 Å². The van der Waals surface area contributed by atoms with Crippen LogP contribution in [0.3, 0.4) is 0 Å². The number of ether oxygens (including phenoxy) is 1. The van der Waals surface area contributed by atoms with Gasteiger partial charge in [0.15, 0.2) is 0 Å². The van der Waals surface area contributed by atoms with Crippen LogP contribution in [0.1, 0.15) is 44.3 Å². The van der Waals surface area contributed by atoms with Crippen LogP contribution >= 0.6 is 0 Å². The SMILES string of the molecule is COCC(=O)NCCCc1nc2ccccc2n1CC(=O)N(C)C1CCCCC1. The molecule has 0 atom stereocenters. The summed E-state index contributed by atoms with van der Waals surface area (Å²) in [5.41, 5.74) is 1.88. The number of carbonyl (C=O) groups is 2. The van der Waals surface area contributed by atoms with Gasteiger partial charge in [0.1, 0.15) is 19.0 Å². The molecule has 1 fully saturated rings. The minimum Gasteiger partial charge on any atom is -0.375 e. The van der Waals surface area contributed by atoms with Gasteiger partial charge in [-0.25, -0.2) is 4.98 Å². The molecule has 1 aromatic heterocycles. The molecule has 29 heavy (non-hydrogen) atoms. The number of fused-ring (bicyclic) bond motifs is 1. The van der Waals surface area contributed by atoms with Gasteiger partial charge >= 0.3 is 0 Å². The molecule has 1 saturated carbocycles. The van der Waals surface area contributed by atoms with Gasteiger partial charge < -0.3 is 19.5 Å². The minimum absolute atomic E-state index is 0.0700. The fraction of sp³-hybridized carbons (Fsp3) is 0.591. The fourth-order valence-electron chi connectivity index (χ4n) is 4.07. The lowest BCUT2D eigenvalue weighted by atomic mass is 9.94.